The molecule has 5 heteroatoms. The summed E-state index contributed by atoms with van der Waals surface area (Å²) in [6.45, 7) is 1.22. The molecular formula is C15H21ClN2O2. The van der Waals surface area contributed by atoms with E-state index in [1.54, 1.807) is 0 Å². The number of amides is 1. The molecule has 3 N–H and O–H groups in total. The Bertz CT molecular complexity index is 481. The summed E-state index contributed by atoms with van der Waals surface area (Å²) in [6, 6.07) is 8.24. The molecule has 1 aliphatic heterocycles. The summed E-state index contributed by atoms with van der Waals surface area (Å²) in [6.07, 6.45) is 2.35. The monoisotopic (exact) mass is 296 g/mol. The van der Waals surface area contributed by atoms with E-state index in [9.17, 15) is 9.90 Å². The molecule has 1 aromatic rings. The number of carbonyl (C=O) groups excluding carboxylic acids is 1. The third-order valence-electron chi connectivity index (χ3n) is 4.20. The van der Waals surface area contributed by atoms with Crippen LogP contribution in [0.15, 0.2) is 24.3 Å². The largest absolute Gasteiger partial charge is 0.392 e. The highest BCUT2D eigenvalue weighted by Gasteiger charge is 2.29. The first-order valence-corrected chi connectivity index (χ1v) is 7.01. The molecule has 1 heterocycles. The highest BCUT2D eigenvalue weighted by molar-refractivity contribution is 5.85. The van der Waals surface area contributed by atoms with Gasteiger partial charge in [0.25, 0.3) is 0 Å². The van der Waals surface area contributed by atoms with Gasteiger partial charge in [-0.25, -0.2) is 0 Å². The predicted molar refractivity (Wildman–Crippen MR) is 80.2 cm³/mol. The second-order valence-corrected chi connectivity index (χ2v) is 5.53. The fourth-order valence-electron chi connectivity index (χ4n) is 3.12. The zero-order chi connectivity index (χ0) is 13.2. The molecule has 0 bridgehead atoms. The van der Waals surface area contributed by atoms with E-state index in [2.05, 4.69) is 34.9 Å². The minimum absolute atomic E-state index is 0. The molecule has 3 atom stereocenters. The Hall–Kier alpha value is -1.10. The number of halogens is 1. The van der Waals surface area contributed by atoms with Crippen LogP contribution < -0.4 is 10.6 Å². The van der Waals surface area contributed by atoms with Gasteiger partial charge in [0.2, 0.25) is 5.91 Å². The first kappa shape index (κ1) is 15.3. The molecule has 0 spiro atoms. The van der Waals surface area contributed by atoms with Crippen molar-refractivity contribution >= 4 is 18.3 Å². The van der Waals surface area contributed by atoms with E-state index >= 15 is 0 Å². The van der Waals surface area contributed by atoms with Gasteiger partial charge >= 0.3 is 0 Å². The second kappa shape index (κ2) is 6.57. The van der Waals surface area contributed by atoms with Gasteiger partial charge < -0.3 is 15.7 Å². The fourth-order valence-corrected chi connectivity index (χ4v) is 3.12. The van der Waals surface area contributed by atoms with Crippen LogP contribution in [-0.2, 0) is 11.2 Å². The smallest absolute Gasteiger partial charge is 0.237 e. The van der Waals surface area contributed by atoms with Crippen molar-refractivity contribution in [1.29, 1.82) is 0 Å². The van der Waals surface area contributed by atoms with Crippen molar-refractivity contribution in [3.8, 4) is 0 Å². The predicted octanol–water partition coefficient (Wildman–Crippen LogP) is 0.977. The van der Waals surface area contributed by atoms with Crippen molar-refractivity contribution in [2.75, 3.05) is 13.1 Å². The van der Waals surface area contributed by atoms with Gasteiger partial charge in [-0.05, 0) is 30.4 Å². The number of β-amino-alcohol motifs (C(OH)–C–C–N with tert-alkyl or cyclic N) is 1. The van der Waals surface area contributed by atoms with Gasteiger partial charge in [-0.2, -0.15) is 0 Å². The first-order chi connectivity index (χ1) is 9.24. The van der Waals surface area contributed by atoms with E-state index in [1.165, 1.54) is 11.1 Å². The summed E-state index contributed by atoms with van der Waals surface area (Å²) in [7, 11) is 0. The molecule has 1 fully saturated rings. The Labute approximate surface area is 125 Å². The van der Waals surface area contributed by atoms with Gasteiger partial charge in [-0.15, -0.1) is 12.4 Å². The van der Waals surface area contributed by atoms with Gasteiger partial charge in [0.1, 0.15) is 0 Å². The Balaban J connectivity index is 0.00000147. The zero-order valence-corrected chi connectivity index (χ0v) is 12.2. The Kier molecular flexibility index (Phi) is 5.02. The average molecular weight is 297 g/mol. The number of aryl methyl sites for hydroxylation is 1. The van der Waals surface area contributed by atoms with Crippen LogP contribution in [0.4, 0.5) is 0 Å². The molecule has 1 amide bonds. The molecule has 20 heavy (non-hydrogen) atoms. The van der Waals surface area contributed by atoms with Crippen molar-refractivity contribution in [3.05, 3.63) is 35.4 Å². The van der Waals surface area contributed by atoms with E-state index < -0.39 is 0 Å². The van der Waals surface area contributed by atoms with E-state index in [4.69, 9.17) is 0 Å². The van der Waals surface area contributed by atoms with E-state index in [0.29, 0.717) is 25.4 Å². The Morgan fingerprint density at radius 1 is 1.40 bits per heavy atom. The summed E-state index contributed by atoms with van der Waals surface area (Å²) < 4.78 is 0. The molecule has 0 aromatic heterocycles. The molecule has 4 nitrogen and oxygen atoms in total. The lowest BCUT2D eigenvalue weighted by atomic mass is 10.0. The number of hydrogen-bond acceptors (Lipinski definition) is 3. The van der Waals surface area contributed by atoms with Gasteiger partial charge in [-0.3, -0.25) is 4.79 Å². The molecule has 2 aliphatic rings. The topological polar surface area (TPSA) is 61.4 Å². The third kappa shape index (κ3) is 3.14. The maximum Gasteiger partial charge on any atom is 0.237 e. The minimum atomic E-state index is -0.386. The lowest BCUT2D eigenvalue weighted by Gasteiger charge is -2.15. The molecule has 1 aliphatic carbocycles. The number of aliphatic hydroxyl groups excluding tert-OH is 1. The van der Waals surface area contributed by atoms with E-state index in [-0.39, 0.29) is 30.5 Å². The summed E-state index contributed by atoms with van der Waals surface area (Å²) >= 11 is 0. The molecule has 0 saturated carbocycles. The zero-order valence-electron chi connectivity index (χ0n) is 11.3. The van der Waals surface area contributed by atoms with Crippen LogP contribution >= 0.6 is 12.4 Å². The summed E-state index contributed by atoms with van der Waals surface area (Å²) in [5.41, 5.74) is 2.79. The van der Waals surface area contributed by atoms with Crippen LogP contribution in [0.2, 0.25) is 0 Å². The van der Waals surface area contributed by atoms with Crippen LogP contribution in [0, 0.1) is 0 Å². The first-order valence-electron chi connectivity index (χ1n) is 7.01. The van der Waals surface area contributed by atoms with E-state index in [1.807, 2.05) is 0 Å². The number of rotatable bonds is 3. The van der Waals surface area contributed by atoms with Crippen molar-refractivity contribution in [2.45, 2.75) is 37.3 Å². The highest BCUT2D eigenvalue weighted by atomic mass is 35.5. The fraction of sp³-hybridized carbons (Fsp3) is 0.533. The molecule has 1 aromatic carbocycles. The van der Waals surface area contributed by atoms with E-state index in [0.717, 1.165) is 12.8 Å². The minimum Gasteiger partial charge on any atom is -0.392 e. The number of hydrogen-bond donors (Lipinski definition) is 3. The number of carbonyl (C=O) groups is 1. The highest BCUT2D eigenvalue weighted by Crippen LogP contribution is 2.32. The maximum absolute atomic E-state index is 12.0. The average Bonchev–Trinajstić information content (AvgIpc) is 3.02. The van der Waals surface area contributed by atoms with Crippen LogP contribution in [0.5, 0.6) is 0 Å². The van der Waals surface area contributed by atoms with Gasteiger partial charge in [0, 0.05) is 19.0 Å². The van der Waals surface area contributed by atoms with Gasteiger partial charge in [-0.1, -0.05) is 24.3 Å². The summed E-state index contributed by atoms with van der Waals surface area (Å²) in [5.74, 6) is 0.451. The summed E-state index contributed by atoms with van der Waals surface area (Å²) in [5, 5.41) is 15.5. The third-order valence-corrected chi connectivity index (χ3v) is 4.20. The lowest BCUT2D eigenvalue weighted by molar-refractivity contribution is -0.123. The summed E-state index contributed by atoms with van der Waals surface area (Å²) in [4.78, 5) is 12.0. The van der Waals surface area contributed by atoms with Crippen molar-refractivity contribution < 1.29 is 9.90 Å². The normalized spacial score (nSPS) is 27.8. The number of nitrogens with one attached hydrogen (secondary N) is 2. The Morgan fingerprint density at radius 3 is 2.95 bits per heavy atom. The quantitative estimate of drug-likeness (QED) is 0.779. The number of aliphatic hydroxyl groups is 1. The molecule has 3 rings (SSSR count). The number of benzene rings is 1. The van der Waals surface area contributed by atoms with Crippen LogP contribution in [0.1, 0.15) is 29.9 Å². The SMILES string of the molecule is Cl.O=C(NCC1CCc2ccccc21)C1CC(O)CN1. The van der Waals surface area contributed by atoms with Gasteiger partial charge in [0.15, 0.2) is 0 Å². The van der Waals surface area contributed by atoms with Crippen LogP contribution in [0.25, 0.3) is 0 Å². The molecular weight excluding hydrogens is 276 g/mol. The van der Waals surface area contributed by atoms with Crippen LogP contribution in [0.3, 0.4) is 0 Å². The lowest BCUT2D eigenvalue weighted by Crippen LogP contribution is -2.41. The molecule has 0 radical (unpaired) electrons. The van der Waals surface area contributed by atoms with Gasteiger partial charge in [0.05, 0.1) is 12.1 Å². The van der Waals surface area contributed by atoms with Crippen molar-refractivity contribution in [3.63, 3.8) is 0 Å². The number of fused-ring (bicyclic) bond motifs is 1. The van der Waals surface area contributed by atoms with Crippen LogP contribution in [-0.4, -0.2) is 36.2 Å². The van der Waals surface area contributed by atoms with Crippen molar-refractivity contribution in [2.24, 2.45) is 0 Å². The van der Waals surface area contributed by atoms with Crippen molar-refractivity contribution in [1.82, 2.24) is 10.6 Å². The second-order valence-electron chi connectivity index (χ2n) is 5.53. The standard InChI is InChI=1S/C15H20N2O2.ClH/c18-12-7-14(16-9-12)15(19)17-8-11-6-5-10-3-1-2-4-13(10)11;/h1-4,11-12,14,16,18H,5-9H2,(H,17,19);1H. The molecule has 110 valence electrons. The molecule has 1 saturated heterocycles. The maximum atomic E-state index is 12.0. The Morgan fingerprint density at radius 2 is 2.20 bits per heavy atom. The molecule has 3 unspecified atom stereocenters.